The molecule has 0 aliphatic heterocycles. The van der Waals surface area contributed by atoms with Crippen molar-refractivity contribution >= 4 is 33.5 Å². The Labute approximate surface area is 125 Å². The van der Waals surface area contributed by atoms with Crippen LogP contribution >= 0.6 is 22.6 Å². The van der Waals surface area contributed by atoms with Crippen LogP contribution in [0.15, 0.2) is 60.7 Å². The Hall–Kier alpha value is -1.62. The second-order valence-corrected chi connectivity index (χ2v) is 5.38. The van der Waals surface area contributed by atoms with E-state index in [1.165, 1.54) is 0 Å². The van der Waals surface area contributed by atoms with Gasteiger partial charge in [-0.25, -0.2) is 4.98 Å². The highest BCUT2D eigenvalue weighted by Gasteiger charge is 2.02. The third-order valence-electron chi connectivity index (χ3n) is 2.87. The molecule has 1 heterocycles. The van der Waals surface area contributed by atoms with Gasteiger partial charge in [0.25, 0.3) is 0 Å². The first-order valence-corrected chi connectivity index (χ1v) is 7.13. The molecule has 19 heavy (non-hydrogen) atoms. The predicted octanol–water partition coefficient (Wildman–Crippen LogP) is 4.42. The van der Waals surface area contributed by atoms with E-state index in [9.17, 15) is 0 Å². The number of rotatable bonds is 3. The smallest absolute Gasteiger partial charge is 0.133 e. The van der Waals surface area contributed by atoms with E-state index in [0.29, 0.717) is 6.61 Å². The van der Waals surface area contributed by atoms with E-state index in [-0.39, 0.29) is 0 Å². The van der Waals surface area contributed by atoms with Crippen LogP contribution < -0.4 is 4.74 Å². The van der Waals surface area contributed by atoms with Gasteiger partial charge < -0.3 is 4.74 Å². The Balaban J connectivity index is 1.80. The van der Waals surface area contributed by atoms with Gasteiger partial charge in [-0.15, -0.1) is 0 Å². The molecule has 94 valence electrons. The molecule has 0 atom stereocenters. The third kappa shape index (κ3) is 2.87. The minimum absolute atomic E-state index is 0.491. The molecule has 0 bridgehead atoms. The van der Waals surface area contributed by atoms with E-state index in [0.717, 1.165) is 25.9 Å². The van der Waals surface area contributed by atoms with Gasteiger partial charge in [-0.2, -0.15) is 0 Å². The minimum Gasteiger partial charge on any atom is -0.486 e. The lowest BCUT2D eigenvalue weighted by Gasteiger charge is -2.08. The summed E-state index contributed by atoms with van der Waals surface area (Å²) in [7, 11) is 0. The van der Waals surface area contributed by atoms with Crippen LogP contribution in [0, 0.1) is 3.57 Å². The van der Waals surface area contributed by atoms with Crippen molar-refractivity contribution in [3.63, 3.8) is 0 Å². The number of nitrogens with zero attached hydrogens (tertiary/aromatic N) is 1. The molecule has 2 aromatic carbocycles. The molecule has 3 rings (SSSR count). The zero-order valence-electron chi connectivity index (χ0n) is 10.2. The quantitative estimate of drug-likeness (QED) is 0.645. The molecule has 0 spiro atoms. The van der Waals surface area contributed by atoms with E-state index in [2.05, 4.69) is 39.7 Å². The lowest BCUT2D eigenvalue weighted by molar-refractivity contribution is 0.299. The SMILES string of the molecule is Ic1ccccc1OCc1ccc2ccccc2n1. The van der Waals surface area contributed by atoms with Crippen LogP contribution in [0.25, 0.3) is 10.9 Å². The summed E-state index contributed by atoms with van der Waals surface area (Å²) in [6.45, 7) is 0.491. The molecule has 0 aliphatic rings. The molecule has 0 saturated heterocycles. The predicted molar refractivity (Wildman–Crippen MR) is 85.2 cm³/mol. The number of fused-ring (bicyclic) bond motifs is 1. The Morgan fingerprint density at radius 3 is 2.58 bits per heavy atom. The molecule has 3 heteroatoms. The number of para-hydroxylation sites is 2. The zero-order valence-corrected chi connectivity index (χ0v) is 12.4. The van der Waals surface area contributed by atoms with Crippen molar-refractivity contribution in [2.45, 2.75) is 6.61 Å². The molecule has 0 aliphatic carbocycles. The molecular weight excluding hydrogens is 349 g/mol. The van der Waals surface area contributed by atoms with Gasteiger partial charge in [0, 0.05) is 5.39 Å². The van der Waals surface area contributed by atoms with Crippen molar-refractivity contribution in [3.05, 3.63) is 69.9 Å². The van der Waals surface area contributed by atoms with Gasteiger partial charge in [-0.05, 0) is 46.9 Å². The van der Waals surface area contributed by atoms with E-state index in [1.54, 1.807) is 0 Å². The summed E-state index contributed by atoms with van der Waals surface area (Å²) >= 11 is 2.27. The molecule has 0 radical (unpaired) electrons. The van der Waals surface area contributed by atoms with Crippen LogP contribution in [-0.4, -0.2) is 4.98 Å². The van der Waals surface area contributed by atoms with Crippen molar-refractivity contribution in [1.29, 1.82) is 0 Å². The average molecular weight is 361 g/mol. The maximum Gasteiger partial charge on any atom is 0.133 e. The van der Waals surface area contributed by atoms with Gasteiger partial charge in [-0.1, -0.05) is 36.4 Å². The average Bonchev–Trinajstić information content (AvgIpc) is 2.46. The monoisotopic (exact) mass is 361 g/mol. The van der Waals surface area contributed by atoms with Crippen LogP contribution in [0.3, 0.4) is 0 Å². The molecule has 0 saturated carbocycles. The van der Waals surface area contributed by atoms with E-state index >= 15 is 0 Å². The van der Waals surface area contributed by atoms with Gasteiger partial charge in [0.1, 0.15) is 12.4 Å². The summed E-state index contributed by atoms with van der Waals surface area (Å²) in [4.78, 5) is 4.59. The van der Waals surface area contributed by atoms with Gasteiger partial charge in [0.05, 0.1) is 14.8 Å². The number of hydrogen-bond donors (Lipinski definition) is 0. The summed E-state index contributed by atoms with van der Waals surface area (Å²) in [6.07, 6.45) is 0. The fourth-order valence-corrected chi connectivity index (χ4v) is 2.45. The van der Waals surface area contributed by atoms with E-state index < -0.39 is 0 Å². The molecule has 0 unspecified atom stereocenters. The summed E-state index contributed by atoms with van der Waals surface area (Å²) in [5.74, 6) is 0.901. The molecule has 0 fully saturated rings. The molecule has 0 amide bonds. The first kappa shape index (κ1) is 12.4. The zero-order chi connectivity index (χ0) is 13.1. The molecule has 0 N–H and O–H groups in total. The highest BCUT2D eigenvalue weighted by molar-refractivity contribution is 14.1. The lowest BCUT2D eigenvalue weighted by Crippen LogP contribution is -1.99. The number of benzene rings is 2. The Morgan fingerprint density at radius 1 is 0.895 bits per heavy atom. The first-order valence-electron chi connectivity index (χ1n) is 6.05. The standard InChI is InChI=1S/C16H12INO/c17-14-6-2-4-8-16(14)19-11-13-10-9-12-5-1-3-7-15(12)18-13/h1-10H,11H2. The fraction of sp³-hybridized carbons (Fsp3) is 0.0625. The second kappa shape index (κ2) is 5.57. The number of hydrogen-bond acceptors (Lipinski definition) is 2. The molecule has 2 nitrogen and oxygen atoms in total. The normalized spacial score (nSPS) is 10.6. The molecule has 3 aromatic rings. The number of aromatic nitrogens is 1. The molecule has 1 aromatic heterocycles. The number of halogens is 1. The van der Waals surface area contributed by atoms with Crippen LogP contribution in [0.5, 0.6) is 5.75 Å². The molecular formula is C16H12INO. The van der Waals surface area contributed by atoms with Crippen LogP contribution in [0.4, 0.5) is 0 Å². The highest BCUT2D eigenvalue weighted by Crippen LogP contribution is 2.21. The summed E-state index contributed by atoms with van der Waals surface area (Å²) < 4.78 is 6.91. The summed E-state index contributed by atoms with van der Waals surface area (Å²) in [5.41, 5.74) is 1.95. The number of ether oxygens (including phenoxy) is 1. The largest absolute Gasteiger partial charge is 0.486 e. The Bertz CT molecular complexity index is 712. The summed E-state index contributed by atoms with van der Waals surface area (Å²) in [5, 5.41) is 1.15. The van der Waals surface area contributed by atoms with Crippen LogP contribution in [0.1, 0.15) is 5.69 Å². The van der Waals surface area contributed by atoms with Crippen molar-refractivity contribution in [3.8, 4) is 5.75 Å². The van der Waals surface area contributed by atoms with Crippen LogP contribution in [-0.2, 0) is 6.61 Å². The second-order valence-electron chi connectivity index (χ2n) is 4.21. The van der Waals surface area contributed by atoms with Crippen LogP contribution in [0.2, 0.25) is 0 Å². The van der Waals surface area contributed by atoms with Crippen molar-refractivity contribution in [2.24, 2.45) is 0 Å². The Kier molecular flexibility index (Phi) is 3.64. The van der Waals surface area contributed by atoms with Gasteiger partial charge in [-0.3, -0.25) is 0 Å². The van der Waals surface area contributed by atoms with Gasteiger partial charge in [0.2, 0.25) is 0 Å². The first-order chi connectivity index (χ1) is 9.33. The third-order valence-corrected chi connectivity index (χ3v) is 3.76. The maximum atomic E-state index is 5.80. The van der Waals surface area contributed by atoms with Crippen molar-refractivity contribution in [2.75, 3.05) is 0 Å². The maximum absolute atomic E-state index is 5.80. The van der Waals surface area contributed by atoms with Gasteiger partial charge in [0.15, 0.2) is 0 Å². The van der Waals surface area contributed by atoms with E-state index in [4.69, 9.17) is 4.74 Å². The lowest BCUT2D eigenvalue weighted by atomic mass is 10.2. The number of pyridine rings is 1. The van der Waals surface area contributed by atoms with Crippen molar-refractivity contribution in [1.82, 2.24) is 4.98 Å². The topological polar surface area (TPSA) is 22.1 Å². The highest BCUT2D eigenvalue weighted by atomic mass is 127. The Morgan fingerprint density at radius 2 is 1.68 bits per heavy atom. The summed E-state index contributed by atoms with van der Waals surface area (Å²) in [6, 6.07) is 20.2. The van der Waals surface area contributed by atoms with E-state index in [1.807, 2.05) is 48.5 Å². The van der Waals surface area contributed by atoms with Crippen molar-refractivity contribution < 1.29 is 4.74 Å². The minimum atomic E-state index is 0.491. The fourth-order valence-electron chi connectivity index (χ4n) is 1.90. The van der Waals surface area contributed by atoms with Gasteiger partial charge >= 0.3 is 0 Å².